The number of hydrogen-bond acceptors (Lipinski definition) is 2. The van der Waals surface area contributed by atoms with E-state index in [2.05, 4.69) is 27.3 Å². The van der Waals surface area contributed by atoms with Gasteiger partial charge in [-0.1, -0.05) is 55.8 Å². The predicted molar refractivity (Wildman–Crippen MR) is 91.3 cm³/mol. The van der Waals surface area contributed by atoms with Crippen LogP contribution in [-0.2, 0) is 5.54 Å². The van der Waals surface area contributed by atoms with E-state index in [0.717, 1.165) is 15.7 Å². The molecule has 0 saturated carbocycles. The number of anilines is 1. The Kier molecular flexibility index (Phi) is 4.92. The smallest absolute Gasteiger partial charge is 0.153 e. The Balaban J connectivity index is 2.47. The molecule has 2 aromatic carbocycles. The van der Waals surface area contributed by atoms with Gasteiger partial charge >= 0.3 is 0 Å². The maximum atomic E-state index is 9.84. The molecule has 0 saturated heterocycles. The minimum atomic E-state index is -0.783. The van der Waals surface area contributed by atoms with E-state index >= 15 is 0 Å². The Morgan fingerprint density at radius 3 is 2.38 bits per heavy atom. The molecular weight excluding hydrogens is 348 g/mol. The van der Waals surface area contributed by atoms with Gasteiger partial charge in [0, 0.05) is 10.2 Å². The van der Waals surface area contributed by atoms with Crippen molar-refractivity contribution in [1.82, 2.24) is 0 Å². The summed E-state index contributed by atoms with van der Waals surface area (Å²) in [6, 6.07) is 17.8. The molecule has 0 radical (unpaired) electrons. The van der Waals surface area contributed by atoms with E-state index in [9.17, 15) is 5.26 Å². The topological polar surface area (TPSA) is 35.8 Å². The maximum Gasteiger partial charge on any atom is 0.153 e. The molecule has 1 N–H and O–H groups in total. The molecule has 0 spiro atoms. The molecule has 0 aliphatic heterocycles. The van der Waals surface area contributed by atoms with Gasteiger partial charge in [0.25, 0.3) is 0 Å². The largest absolute Gasteiger partial charge is 0.363 e. The summed E-state index contributed by atoms with van der Waals surface area (Å²) in [4.78, 5) is 0. The number of nitrogens with one attached hydrogen (secondary N) is 1. The summed E-state index contributed by atoms with van der Waals surface area (Å²) in [6.07, 6.45) is 0. The van der Waals surface area contributed by atoms with Gasteiger partial charge in [0.1, 0.15) is 0 Å². The van der Waals surface area contributed by atoms with Gasteiger partial charge in [-0.15, -0.1) is 0 Å². The first-order valence-electron chi connectivity index (χ1n) is 6.69. The molecule has 2 nitrogen and oxygen atoms in total. The highest BCUT2D eigenvalue weighted by molar-refractivity contribution is 9.10. The van der Waals surface area contributed by atoms with Crippen molar-refractivity contribution in [2.24, 2.45) is 5.92 Å². The van der Waals surface area contributed by atoms with Crippen molar-refractivity contribution in [3.05, 3.63) is 63.6 Å². The van der Waals surface area contributed by atoms with Gasteiger partial charge in [-0.3, -0.25) is 0 Å². The normalized spacial score (nSPS) is 13.5. The third kappa shape index (κ3) is 3.23. The number of nitrogens with zero attached hydrogens (tertiary/aromatic N) is 1. The monoisotopic (exact) mass is 362 g/mol. The molecule has 0 bridgehead atoms. The van der Waals surface area contributed by atoms with Crippen molar-refractivity contribution in [3.63, 3.8) is 0 Å². The van der Waals surface area contributed by atoms with Crippen LogP contribution in [0.2, 0.25) is 5.02 Å². The first kappa shape index (κ1) is 15.9. The molecule has 2 rings (SSSR count). The number of rotatable bonds is 4. The van der Waals surface area contributed by atoms with Crippen molar-refractivity contribution in [3.8, 4) is 6.07 Å². The summed E-state index contributed by atoms with van der Waals surface area (Å²) < 4.78 is 0.804. The molecule has 1 atom stereocenters. The second-order valence-corrected chi connectivity index (χ2v) is 6.46. The molecule has 0 aliphatic rings. The minimum Gasteiger partial charge on any atom is -0.363 e. The molecule has 0 fully saturated rings. The first-order valence-corrected chi connectivity index (χ1v) is 7.86. The zero-order chi connectivity index (χ0) is 15.5. The maximum absolute atomic E-state index is 9.84. The molecule has 0 heterocycles. The third-order valence-electron chi connectivity index (χ3n) is 3.53. The number of hydrogen-bond donors (Lipinski definition) is 1. The van der Waals surface area contributed by atoms with E-state index < -0.39 is 5.54 Å². The number of benzene rings is 2. The van der Waals surface area contributed by atoms with E-state index in [1.807, 2.05) is 56.3 Å². The van der Waals surface area contributed by atoms with Gasteiger partial charge in [-0.25, -0.2) is 0 Å². The highest BCUT2D eigenvalue weighted by atomic mass is 79.9. The zero-order valence-electron chi connectivity index (χ0n) is 11.9. The van der Waals surface area contributed by atoms with Crippen LogP contribution < -0.4 is 5.32 Å². The van der Waals surface area contributed by atoms with Crippen molar-refractivity contribution in [1.29, 1.82) is 5.26 Å². The highest BCUT2D eigenvalue weighted by Crippen LogP contribution is 2.35. The quantitative estimate of drug-likeness (QED) is 0.768. The third-order valence-corrected chi connectivity index (χ3v) is 4.75. The van der Waals surface area contributed by atoms with Crippen LogP contribution in [0.1, 0.15) is 19.4 Å². The average Bonchev–Trinajstić information content (AvgIpc) is 2.49. The Morgan fingerprint density at radius 1 is 1.19 bits per heavy atom. The molecule has 21 heavy (non-hydrogen) atoms. The number of halogens is 2. The average molecular weight is 364 g/mol. The van der Waals surface area contributed by atoms with Crippen LogP contribution in [0.15, 0.2) is 53.0 Å². The lowest BCUT2D eigenvalue weighted by atomic mass is 9.81. The molecule has 0 aliphatic carbocycles. The van der Waals surface area contributed by atoms with Crippen molar-refractivity contribution >= 4 is 33.2 Å². The van der Waals surface area contributed by atoms with Crippen LogP contribution in [0.4, 0.5) is 5.69 Å². The van der Waals surface area contributed by atoms with E-state index in [0.29, 0.717) is 5.02 Å². The van der Waals surface area contributed by atoms with E-state index in [4.69, 9.17) is 11.6 Å². The summed E-state index contributed by atoms with van der Waals surface area (Å²) in [6.45, 7) is 4.07. The van der Waals surface area contributed by atoms with Gasteiger partial charge in [0.2, 0.25) is 0 Å². The van der Waals surface area contributed by atoms with Crippen molar-refractivity contribution in [2.75, 3.05) is 5.32 Å². The fourth-order valence-electron chi connectivity index (χ4n) is 2.27. The van der Waals surface area contributed by atoms with Crippen LogP contribution in [-0.4, -0.2) is 0 Å². The second-order valence-electron chi connectivity index (χ2n) is 5.19. The molecule has 0 aromatic heterocycles. The Morgan fingerprint density at radius 2 is 1.86 bits per heavy atom. The summed E-state index contributed by atoms with van der Waals surface area (Å²) >= 11 is 9.44. The first-order chi connectivity index (χ1) is 9.99. The van der Waals surface area contributed by atoms with Gasteiger partial charge < -0.3 is 5.32 Å². The summed E-state index contributed by atoms with van der Waals surface area (Å²) in [5.41, 5.74) is 1.02. The van der Waals surface area contributed by atoms with Crippen LogP contribution >= 0.6 is 27.5 Å². The van der Waals surface area contributed by atoms with E-state index in [-0.39, 0.29) is 5.92 Å². The van der Waals surface area contributed by atoms with Crippen LogP contribution in [0.3, 0.4) is 0 Å². The predicted octanol–water partition coefficient (Wildman–Crippen LogP) is 5.59. The summed E-state index contributed by atoms with van der Waals surface area (Å²) in [5.74, 6) is 0.0966. The summed E-state index contributed by atoms with van der Waals surface area (Å²) in [7, 11) is 0. The zero-order valence-corrected chi connectivity index (χ0v) is 14.2. The van der Waals surface area contributed by atoms with Crippen LogP contribution in [0.5, 0.6) is 0 Å². The van der Waals surface area contributed by atoms with Crippen molar-refractivity contribution < 1.29 is 0 Å². The van der Waals surface area contributed by atoms with Gasteiger partial charge in [-0.05, 0) is 45.6 Å². The minimum absolute atomic E-state index is 0.0966. The van der Waals surface area contributed by atoms with E-state index in [1.54, 1.807) is 6.07 Å². The van der Waals surface area contributed by atoms with E-state index in [1.165, 1.54) is 0 Å². The standard InChI is InChI=1S/C17H16BrClN2/c1-12(2)17(11-20,13-6-4-3-5-7-13)21-14-8-9-16(19)15(18)10-14/h3-10,12,21H,1-2H3. The lowest BCUT2D eigenvalue weighted by Crippen LogP contribution is -2.39. The Hall–Kier alpha value is -1.50. The molecular formula is C17H16BrClN2. The lowest BCUT2D eigenvalue weighted by Gasteiger charge is -2.33. The highest BCUT2D eigenvalue weighted by Gasteiger charge is 2.36. The Bertz CT molecular complexity index is 664. The summed E-state index contributed by atoms with van der Waals surface area (Å²) in [5, 5.41) is 13.9. The SMILES string of the molecule is CC(C)C(C#N)(Nc1ccc(Cl)c(Br)c1)c1ccccc1. The van der Waals surface area contributed by atoms with Crippen LogP contribution in [0.25, 0.3) is 0 Å². The van der Waals surface area contributed by atoms with Gasteiger partial charge in [0.15, 0.2) is 5.54 Å². The van der Waals surface area contributed by atoms with Crippen LogP contribution in [0, 0.1) is 17.2 Å². The van der Waals surface area contributed by atoms with Gasteiger partial charge in [0.05, 0.1) is 11.1 Å². The molecule has 0 amide bonds. The lowest BCUT2D eigenvalue weighted by molar-refractivity contribution is 0.444. The van der Waals surface area contributed by atoms with Crippen molar-refractivity contribution in [2.45, 2.75) is 19.4 Å². The molecule has 4 heteroatoms. The molecule has 108 valence electrons. The fraction of sp³-hybridized carbons (Fsp3) is 0.235. The number of nitriles is 1. The fourth-order valence-corrected chi connectivity index (χ4v) is 2.77. The Labute approximate surface area is 138 Å². The molecule has 2 aromatic rings. The molecule has 1 unspecified atom stereocenters. The second kappa shape index (κ2) is 6.51. The van der Waals surface area contributed by atoms with Gasteiger partial charge in [-0.2, -0.15) is 5.26 Å².